The number of nitrogens with zero attached hydrogens (tertiary/aromatic N) is 2. The Bertz CT molecular complexity index is 792. The molecule has 2 aromatic rings. The first-order chi connectivity index (χ1) is 12.6. The van der Waals surface area contributed by atoms with Crippen molar-refractivity contribution in [3.63, 3.8) is 0 Å². The summed E-state index contributed by atoms with van der Waals surface area (Å²) < 4.78 is 0. The molecule has 1 unspecified atom stereocenters. The molecule has 5 heteroatoms. The summed E-state index contributed by atoms with van der Waals surface area (Å²) in [6, 6.07) is 16.4. The molecule has 4 rings (SSSR count). The third-order valence-electron chi connectivity index (χ3n) is 5.31. The fourth-order valence-electron chi connectivity index (χ4n) is 3.80. The molecule has 1 aliphatic heterocycles. The average molecular weight is 389 g/mol. The lowest BCUT2D eigenvalue weighted by Gasteiger charge is -2.42. The molecule has 0 N–H and O–H groups in total. The van der Waals surface area contributed by atoms with E-state index in [2.05, 4.69) is 29.2 Å². The molecule has 1 saturated heterocycles. The Kier molecular flexibility index (Phi) is 5.21. The Hall–Kier alpha value is -1.55. The summed E-state index contributed by atoms with van der Waals surface area (Å²) in [7, 11) is 0. The van der Waals surface area contributed by atoms with Gasteiger partial charge in [0.15, 0.2) is 0 Å². The van der Waals surface area contributed by atoms with E-state index in [9.17, 15) is 4.79 Å². The van der Waals surface area contributed by atoms with Gasteiger partial charge in [-0.3, -0.25) is 9.69 Å². The van der Waals surface area contributed by atoms with Crippen LogP contribution >= 0.6 is 23.2 Å². The largest absolute Gasteiger partial charge is 0.333 e. The second-order valence-electron chi connectivity index (χ2n) is 7.19. The summed E-state index contributed by atoms with van der Waals surface area (Å²) >= 11 is 12.3. The van der Waals surface area contributed by atoms with E-state index in [0.717, 1.165) is 26.1 Å². The predicted octanol–water partition coefficient (Wildman–Crippen LogP) is 4.52. The number of halogens is 2. The summed E-state index contributed by atoms with van der Waals surface area (Å²) in [4.78, 5) is 17.7. The second kappa shape index (κ2) is 7.59. The van der Waals surface area contributed by atoms with E-state index in [0.29, 0.717) is 21.7 Å². The molecule has 0 bridgehead atoms. The first-order valence-corrected chi connectivity index (χ1v) is 9.91. The van der Waals surface area contributed by atoms with Crippen molar-refractivity contribution < 1.29 is 4.79 Å². The van der Waals surface area contributed by atoms with Crippen LogP contribution in [0.25, 0.3) is 0 Å². The summed E-state index contributed by atoms with van der Waals surface area (Å²) in [6.45, 7) is 2.61. The Balaban J connectivity index is 1.58. The maximum absolute atomic E-state index is 13.2. The molecule has 1 aliphatic carbocycles. The molecule has 1 saturated carbocycles. The second-order valence-corrected chi connectivity index (χ2v) is 8.04. The molecule has 2 fully saturated rings. The van der Waals surface area contributed by atoms with Crippen LogP contribution in [0.4, 0.5) is 0 Å². The van der Waals surface area contributed by atoms with Gasteiger partial charge in [-0.2, -0.15) is 0 Å². The number of hydrogen-bond acceptors (Lipinski definition) is 2. The van der Waals surface area contributed by atoms with Crippen molar-refractivity contribution in [2.24, 2.45) is 0 Å². The number of amides is 1. The fourth-order valence-corrected chi connectivity index (χ4v) is 4.29. The van der Waals surface area contributed by atoms with Gasteiger partial charge in [-0.25, -0.2) is 0 Å². The molecule has 0 radical (unpaired) electrons. The van der Waals surface area contributed by atoms with Crippen LogP contribution < -0.4 is 0 Å². The molecule has 0 aromatic heterocycles. The third-order valence-corrected chi connectivity index (χ3v) is 5.86. The van der Waals surface area contributed by atoms with Crippen LogP contribution in [-0.2, 0) is 6.42 Å². The van der Waals surface area contributed by atoms with Gasteiger partial charge in [0.05, 0.1) is 10.6 Å². The van der Waals surface area contributed by atoms with E-state index in [-0.39, 0.29) is 11.9 Å². The van der Waals surface area contributed by atoms with Gasteiger partial charge in [0.2, 0.25) is 0 Å². The van der Waals surface area contributed by atoms with Gasteiger partial charge in [-0.05, 0) is 43.0 Å². The fraction of sp³-hybridized carbons (Fsp3) is 0.381. The van der Waals surface area contributed by atoms with Gasteiger partial charge in [0.25, 0.3) is 5.91 Å². The lowest BCUT2D eigenvalue weighted by atomic mass is 10.0. The minimum Gasteiger partial charge on any atom is -0.333 e. The number of hydrogen-bond donors (Lipinski definition) is 0. The van der Waals surface area contributed by atoms with Gasteiger partial charge in [-0.1, -0.05) is 53.5 Å². The van der Waals surface area contributed by atoms with Crippen molar-refractivity contribution in [3.8, 4) is 0 Å². The molecule has 2 aromatic carbocycles. The van der Waals surface area contributed by atoms with Crippen molar-refractivity contribution in [2.75, 3.05) is 19.6 Å². The zero-order valence-electron chi connectivity index (χ0n) is 14.6. The zero-order valence-corrected chi connectivity index (χ0v) is 16.1. The topological polar surface area (TPSA) is 23.6 Å². The standard InChI is InChI=1S/C21H22Cl2N2O/c22-16-6-9-19(20(23)13-16)21(26)25-11-10-24(17-7-8-17)14-18(25)12-15-4-2-1-3-5-15/h1-6,9,13,17-18H,7-8,10-12,14H2. The molecule has 2 aliphatic rings. The molecular formula is C21H22Cl2N2O. The highest BCUT2D eigenvalue weighted by atomic mass is 35.5. The van der Waals surface area contributed by atoms with Gasteiger partial charge in [-0.15, -0.1) is 0 Å². The molecule has 0 spiro atoms. The molecule has 1 amide bonds. The van der Waals surface area contributed by atoms with Crippen LogP contribution in [-0.4, -0.2) is 47.4 Å². The maximum Gasteiger partial charge on any atom is 0.255 e. The van der Waals surface area contributed by atoms with E-state index in [1.165, 1.54) is 18.4 Å². The predicted molar refractivity (Wildman–Crippen MR) is 106 cm³/mol. The Labute approximate surface area is 164 Å². The normalized spacial score (nSPS) is 21.0. The number of rotatable bonds is 4. The van der Waals surface area contributed by atoms with Gasteiger partial charge >= 0.3 is 0 Å². The highest BCUT2D eigenvalue weighted by molar-refractivity contribution is 6.36. The summed E-state index contributed by atoms with van der Waals surface area (Å²) in [6.07, 6.45) is 3.44. The smallest absolute Gasteiger partial charge is 0.255 e. The summed E-state index contributed by atoms with van der Waals surface area (Å²) in [5.41, 5.74) is 1.80. The number of carbonyl (C=O) groups is 1. The van der Waals surface area contributed by atoms with Gasteiger partial charge in [0.1, 0.15) is 0 Å². The highest BCUT2D eigenvalue weighted by Gasteiger charge is 2.37. The number of piperazine rings is 1. The van der Waals surface area contributed by atoms with Crippen LogP contribution in [0.3, 0.4) is 0 Å². The van der Waals surface area contributed by atoms with Gasteiger partial charge in [0, 0.05) is 36.7 Å². The van der Waals surface area contributed by atoms with E-state index in [1.807, 2.05) is 11.0 Å². The Morgan fingerprint density at radius 2 is 1.81 bits per heavy atom. The number of benzene rings is 2. The number of carbonyl (C=O) groups excluding carboxylic acids is 1. The monoisotopic (exact) mass is 388 g/mol. The van der Waals surface area contributed by atoms with Gasteiger partial charge < -0.3 is 4.90 Å². The van der Waals surface area contributed by atoms with Crippen LogP contribution in [0.1, 0.15) is 28.8 Å². The molecule has 3 nitrogen and oxygen atoms in total. The maximum atomic E-state index is 13.2. The third kappa shape index (κ3) is 3.90. The first kappa shape index (κ1) is 17.8. The van der Waals surface area contributed by atoms with Crippen LogP contribution in [0, 0.1) is 0 Å². The Morgan fingerprint density at radius 1 is 1.04 bits per heavy atom. The SMILES string of the molecule is O=C(c1ccc(Cl)cc1Cl)N1CCN(C2CC2)CC1Cc1ccccc1. The zero-order chi connectivity index (χ0) is 18.1. The van der Waals surface area contributed by atoms with Crippen LogP contribution in [0.2, 0.25) is 10.0 Å². The van der Waals surface area contributed by atoms with E-state index in [4.69, 9.17) is 23.2 Å². The molecule has 1 atom stereocenters. The summed E-state index contributed by atoms with van der Waals surface area (Å²) in [5, 5.41) is 0.969. The minimum absolute atomic E-state index is 0.00282. The molecule has 1 heterocycles. The Morgan fingerprint density at radius 3 is 2.50 bits per heavy atom. The molecular weight excluding hydrogens is 367 g/mol. The highest BCUT2D eigenvalue weighted by Crippen LogP contribution is 2.31. The average Bonchev–Trinajstić information content (AvgIpc) is 3.47. The van der Waals surface area contributed by atoms with Crippen molar-refractivity contribution in [1.29, 1.82) is 0 Å². The quantitative estimate of drug-likeness (QED) is 0.768. The van der Waals surface area contributed by atoms with Crippen molar-refractivity contribution in [3.05, 3.63) is 69.7 Å². The van der Waals surface area contributed by atoms with E-state index < -0.39 is 0 Å². The first-order valence-electron chi connectivity index (χ1n) is 9.16. The lowest BCUT2D eigenvalue weighted by molar-refractivity contribution is 0.0437. The van der Waals surface area contributed by atoms with Crippen LogP contribution in [0.5, 0.6) is 0 Å². The van der Waals surface area contributed by atoms with Crippen LogP contribution in [0.15, 0.2) is 48.5 Å². The lowest BCUT2D eigenvalue weighted by Crippen LogP contribution is -2.56. The van der Waals surface area contributed by atoms with Crippen molar-refractivity contribution in [2.45, 2.75) is 31.3 Å². The van der Waals surface area contributed by atoms with Crippen molar-refractivity contribution >= 4 is 29.1 Å². The summed E-state index contributed by atoms with van der Waals surface area (Å²) in [5.74, 6) is 0.00282. The minimum atomic E-state index is 0.00282. The molecule has 136 valence electrons. The molecule has 26 heavy (non-hydrogen) atoms. The van der Waals surface area contributed by atoms with E-state index >= 15 is 0 Å². The van der Waals surface area contributed by atoms with E-state index in [1.54, 1.807) is 18.2 Å². The van der Waals surface area contributed by atoms with Crippen molar-refractivity contribution in [1.82, 2.24) is 9.80 Å².